The SMILES string of the molecule is CCCCCCCCN(CCCCCCCC)[C@H](C)[C@@H](O)c1ccc(Cl)cc1. The van der Waals surface area contributed by atoms with Gasteiger partial charge in [0, 0.05) is 11.1 Å². The second-order valence-corrected chi connectivity index (χ2v) is 8.74. The van der Waals surface area contributed by atoms with E-state index in [9.17, 15) is 5.11 Å². The summed E-state index contributed by atoms with van der Waals surface area (Å²) in [6.07, 6.45) is 15.3. The molecular weight excluding hydrogens is 366 g/mol. The van der Waals surface area contributed by atoms with Crippen LogP contribution in [0.3, 0.4) is 0 Å². The van der Waals surface area contributed by atoms with Crippen molar-refractivity contribution in [3.63, 3.8) is 0 Å². The summed E-state index contributed by atoms with van der Waals surface area (Å²) in [5.41, 5.74) is 0.966. The lowest BCUT2D eigenvalue weighted by molar-refractivity contribution is 0.0554. The Bertz CT molecular complexity index is 460. The van der Waals surface area contributed by atoms with E-state index >= 15 is 0 Å². The van der Waals surface area contributed by atoms with Crippen LogP contribution in [0, 0.1) is 0 Å². The van der Waals surface area contributed by atoms with Gasteiger partial charge in [0.15, 0.2) is 0 Å². The number of aliphatic hydroxyl groups excluding tert-OH is 1. The molecule has 0 aliphatic carbocycles. The van der Waals surface area contributed by atoms with Crippen LogP contribution in [0.4, 0.5) is 0 Å². The van der Waals surface area contributed by atoms with Crippen LogP contribution in [-0.2, 0) is 0 Å². The van der Waals surface area contributed by atoms with Crippen molar-refractivity contribution in [1.82, 2.24) is 4.90 Å². The Hall–Kier alpha value is -0.570. The minimum atomic E-state index is -0.461. The van der Waals surface area contributed by atoms with Crippen LogP contribution >= 0.6 is 11.6 Å². The molecule has 0 unspecified atom stereocenters. The van der Waals surface area contributed by atoms with Crippen molar-refractivity contribution in [3.8, 4) is 0 Å². The second-order valence-electron chi connectivity index (χ2n) is 8.31. The van der Waals surface area contributed by atoms with Gasteiger partial charge in [0.05, 0.1) is 6.10 Å². The van der Waals surface area contributed by atoms with Crippen molar-refractivity contribution in [1.29, 1.82) is 0 Å². The fourth-order valence-corrected chi connectivity index (χ4v) is 3.97. The van der Waals surface area contributed by atoms with Gasteiger partial charge >= 0.3 is 0 Å². The summed E-state index contributed by atoms with van der Waals surface area (Å²) in [5, 5.41) is 11.6. The van der Waals surface area contributed by atoms with Crippen molar-refractivity contribution in [3.05, 3.63) is 34.9 Å². The zero-order valence-corrected chi connectivity index (χ0v) is 19.4. The van der Waals surface area contributed by atoms with Gasteiger partial charge in [-0.3, -0.25) is 4.90 Å². The Morgan fingerprint density at radius 2 is 1.18 bits per heavy atom. The molecule has 1 rings (SSSR count). The third-order valence-corrected chi connectivity index (χ3v) is 6.09. The van der Waals surface area contributed by atoms with E-state index in [1.165, 1.54) is 77.0 Å². The van der Waals surface area contributed by atoms with Crippen LogP contribution in [0.1, 0.15) is 109 Å². The van der Waals surface area contributed by atoms with Crippen LogP contribution in [0.5, 0.6) is 0 Å². The van der Waals surface area contributed by atoms with Crippen LogP contribution in [0.15, 0.2) is 24.3 Å². The van der Waals surface area contributed by atoms with Gasteiger partial charge in [-0.1, -0.05) is 102 Å². The normalized spacial score (nSPS) is 13.8. The number of hydrogen-bond donors (Lipinski definition) is 1. The molecule has 1 N–H and O–H groups in total. The Balaban J connectivity index is 2.52. The summed E-state index contributed by atoms with van der Waals surface area (Å²) in [6, 6.07) is 7.79. The lowest BCUT2D eigenvalue weighted by Crippen LogP contribution is -2.39. The van der Waals surface area contributed by atoms with E-state index in [0.29, 0.717) is 0 Å². The van der Waals surface area contributed by atoms with Gasteiger partial charge in [-0.05, 0) is 50.6 Å². The van der Waals surface area contributed by atoms with Crippen LogP contribution in [0.2, 0.25) is 5.02 Å². The molecule has 0 heterocycles. The molecule has 0 amide bonds. The average molecular weight is 410 g/mol. The maximum absolute atomic E-state index is 10.9. The van der Waals surface area contributed by atoms with E-state index < -0.39 is 6.10 Å². The Labute approximate surface area is 179 Å². The van der Waals surface area contributed by atoms with Gasteiger partial charge in [0.2, 0.25) is 0 Å². The number of benzene rings is 1. The number of halogens is 1. The predicted octanol–water partition coefficient (Wildman–Crippen LogP) is 7.78. The zero-order chi connectivity index (χ0) is 20.6. The summed E-state index contributed by atoms with van der Waals surface area (Å²) >= 11 is 6.01. The summed E-state index contributed by atoms with van der Waals surface area (Å²) < 4.78 is 0. The molecule has 162 valence electrons. The first kappa shape index (κ1) is 25.5. The smallest absolute Gasteiger partial charge is 0.0942 e. The first-order valence-corrected chi connectivity index (χ1v) is 12.2. The van der Waals surface area contributed by atoms with E-state index in [2.05, 4.69) is 25.7 Å². The van der Waals surface area contributed by atoms with Gasteiger partial charge in [0.1, 0.15) is 0 Å². The Morgan fingerprint density at radius 1 is 0.750 bits per heavy atom. The molecule has 0 saturated heterocycles. The van der Waals surface area contributed by atoms with Gasteiger partial charge in [-0.15, -0.1) is 0 Å². The molecule has 28 heavy (non-hydrogen) atoms. The minimum absolute atomic E-state index is 0.132. The molecule has 0 radical (unpaired) electrons. The van der Waals surface area contributed by atoms with Gasteiger partial charge in [-0.2, -0.15) is 0 Å². The Morgan fingerprint density at radius 3 is 1.64 bits per heavy atom. The molecule has 0 aliphatic heterocycles. The highest BCUT2D eigenvalue weighted by Crippen LogP contribution is 2.24. The monoisotopic (exact) mass is 409 g/mol. The van der Waals surface area contributed by atoms with Crippen molar-refractivity contribution < 1.29 is 5.11 Å². The van der Waals surface area contributed by atoms with Gasteiger partial charge < -0.3 is 5.11 Å². The lowest BCUT2D eigenvalue weighted by atomic mass is 10.0. The number of aliphatic hydroxyl groups is 1. The lowest BCUT2D eigenvalue weighted by Gasteiger charge is -2.33. The molecule has 1 aromatic carbocycles. The van der Waals surface area contributed by atoms with Crippen LogP contribution in [-0.4, -0.2) is 29.1 Å². The van der Waals surface area contributed by atoms with Crippen LogP contribution < -0.4 is 0 Å². The molecule has 3 heteroatoms. The third-order valence-electron chi connectivity index (χ3n) is 5.84. The molecule has 0 fully saturated rings. The van der Waals surface area contributed by atoms with Gasteiger partial charge in [-0.25, -0.2) is 0 Å². The van der Waals surface area contributed by atoms with E-state index in [1.54, 1.807) is 0 Å². The molecule has 2 atom stereocenters. The van der Waals surface area contributed by atoms with Crippen molar-refractivity contribution in [2.24, 2.45) is 0 Å². The Kier molecular flexibility index (Phi) is 14.8. The summed E-state index contributed by atoms with van der Waals surface area (Å²) in [6.45, 7) is 8.89. The maximum Gasteiger partial charge on any atom is 0.0942 e. The van der Waals surface area contributed by atoms with E-state index in [4.69, 9.17) is 11.6 Å². The second kappa shape index (κ2) is 16.3. The number of nitrogens with zero attached hydrogens (tertiary/aromatic N) is 1. The van der Waals surface area contributed by atoms with Crippen LogP contribution in [0.25, 0.3) is 0 Å². The minimum Gasteiger partial charge on any atom is -0.387 e. The summed E-state index contributed by atoms with van der Waals surface area (Å²) in [5.74, 6) is 0. The van der Waals surface area contributed by atoms with Crippen molar-refractivity contribution in [2.45, 2.75) is 110 Å². The first-order chi connectivity index (χ1) is 13.6. The molecule has 0 aliphatic rings. The van der Waals surface area contributed by atoms with E-state index in [1.807, 2.05) is 24.3 Å². The van der Waals surface area contributed by atoms with Gasteiger partial charge in [0.25, 0.3) is 0 Å². The highest BCUT2D eigenvalue weighted by atomic mass is 35.5. The average Bonchev–Trinajstić information content (AvgIpc) is 2.71. The quantitative estimate of drug-likeness (QED) is 0.265. The fraction of sp³-hybridized carbons (Fsp3) is 0.760. The first-order valence-electron chi connectivity index (χ1n) is 11.8. The molecule has 0 saturated carbocycles. The molecule has 0 spiro atoms. The molecular formula is C25H44ClNO. The molecule has 0 aromatic heterocycles. The van der Waals surface area contributed by atoms with E-state index in [0.717, 1.165) is 23.7 Å². The summed E-state index contributed by atoms with van der Waals surface area (Å²) in [7, 11) is 0. The molecule has 1 aromatic rings. The highest BCUT2D eigenvalue weighted by Gasteiger charge is 2.22. The van der Waals surface area contributed by atoms with E-state index in [-0.39, 0.29) is 6.04 Å². The topological polar surface area (TPSA) is 23.5 Å². The number of rotatable bonds is 17. The number of unbranched alkanes of at least 4 members (excludes halogenated alkanes) is 10. The predicted molar refractivity (Wildman–Crippen MR) is 124 cm³/mol. The highest BCUT2D eigenvalue weighted by molar-refractivity contribution is 6.30. The molecule has 0 bridgehead atoms. The maximum atomic E-state index is 10.9. The van der Waals surface area contributed by atoms with Crippen molar-refractivity contribution >= 4 is 11.6 Å². The fourth-order valence-electron chi connectivity index (χ4n) is 3.85. The standard InChI is InChI=1S/C25H44ClNO/c1-4-6-8-10-12-14-20-27(21-15-13-11-9-7-5-2)22(3)25(28)23-16-18-24(26)19-17-23/h16-19,22,25,28H,4-15,20-21H2,1-3H3/t22-,25-/m1/s1. The van der Waals surface area contributed by atoms with Crippen molar-refractivity contribution in [2.75, 3.05) is 13.1 Å². The third kappa shape index (κ3) is 10.8. The summed E-state index contributed by atoms with van der Waals surface area (Å²) in [4.78, 5) is 2.51. The zero-order valence-electron chi connectivity index (χ0n) is 18.6. The largest absolute Gasteiger partial charge is 0.387 e. The molecule has 2 nitrogen and oxygen atoms in total. The number of hydrogen-bond acceptors (Lipinski definition) is 2.